The van der Waals surface area contributed by atoms with Crippen LogP contribution >= 0.6 is 22.9 Å². The first-order valence-electron chi connectivity index (χ1n) is 8.59. The lowest BCUT2D eigenvalue weighted by Crippen LogP contribution is -2.62. The van der Waals surface area contributed by atoms with Crippen molar-refractivity contribution in [3.8, 4) is 0 Å². The maximum Gasteiger partial charge on any atom is 0.238 e. The number of nitrogens with one attached hydrogen (secondary N) is 2. The number of thiophene rings is 1. The molecule has 2 aliphatic heterocycles. The quantitative estimate of drug-likeness (QED) is 0.775. The van der Waals surface area contributed by atoms with Crippen LogP contribution in [0.15, 0.2) is 47.2 Å². The molecule has 0 bridgehead atoms. The summed E-state index contributed by atoms with van der Waals surface area (Å²) in [6.45, 7) is 6.16. The predicted molar refractivity (Wildman–Crippen MR) is 105 cm³/mol. The van der Waals surface area contributed by atoms with Gasteiger partial charge in [-0.2, -0.15) is 11.3 Å². The zero-order chi connectivity index (χ0) is 18.5. The van der Waals surface area contributed by atoms with Crippen LogP contribution in [0.4, 0.5) is 5.69 Å². The molecule has 2 aromatic rings. The Hall–Kier alpha value is -2.11. The standard InChI is InChI=1S/C20H19ClN2O2S/c1-3-11(2)18-20(14-5-4-13(21)8-16(14)22-19(20)25)15(9-17(24)23-18)12-6-7-26-10-12/h4-8,10,15,18H,2-3,9H2,1H3,(H,22,25)(H,23,24). The maximum absolute atomic E-state index is 13.4. The number of fused-ring (bicyclic) bond motifs is 2. The van der Waals surface area contributed by atoms with Crippen molar-refractivity contribution < 1.29 is 9.59 Å². The van der Waals surface area contributed by atoms with Crippen molar-refractivity contribution in [2.24, 2.45) is 0 Å². The molecule has 134 valence electrons. The summed E-state index contributed by atoms with van der Waals surface area (Å²) in [4.78, 5) is 25.9. The number of amides is 2. The van der Waals surface area contributed by atoms with E-state index in [2.05, 4.69) is 17.2 Å². The van der Waals surface area contributed by atoms with Crippen LogP contribution in [0.1, 0.15) is 36.8 Å². The van der Waals surface area contributed by atoms with Gasteiger partial charge in [-0.15, -0.1) is 0 Å². The molecule has 1 spiro atoms. The van der Waals surface area contributed by atoms with Gasteiger partial charge in [0.1, 0.15) is 5.41 Å². The molecule has 1 aromatic carbocycles. The van der Waals surface area contributed by atoms with E-state index >= 15 is 0 Å². The van der Waals surface area contributed by atoms with Crippen LogP contribution in [0.25, 0.3) is 0 Å². The van der Waals surface area contributed by atoms with Gasteiger partial charge in [0.2, 0.25) is 11.8 Å². The topological polar surface area (TPSA) is 58.2 Å². The Balaban J connectivity index is 2.00. The van der Waals surface area contributed by atoms with E-state index in [4.69, 9.17) is 11.6 Å². The summed E-state index contributed by atoms with van der Waals surface area (Å²) in [7, 11) is 0. The third-order valence-corrected chi connectivity index (χ3v) is 6.50. The highest BCUT2D eigenvalue weighted by Crippen LogP contribution is 2.54. The van der Waals surface area contributed by atoms with Crippen LogP contribution in [-0.4, -0.2) is 17.9 Å². The molecule has 0 aliphatic carbocycles. The normalized spacial score (nSPS) is 27.2. The number of hydrogen-bond acceptors (Lipinski definition) is 3. The third kappa shape index (κ3) is 2.34. The molecule has 1 saturated heterocycles. The highest BCUT2D eigenvalue weighted by molar-refractivity contribution is 7.08. The lowest BCUT2D eigenvalue weighted by atomic mass is 9.59. The van der Waals surface area contributed by atoms with Gasteiger partial charge < -0.3 is 10.6 Å². The smallest absolute Gasteiger partial charge is 0.238 e. The molecule has 26 heavy (non-hydrogen) atoms. The molecule has 0 saturated carbocycles. The highest BCUT2D eigenvalue weighted by Gasteiger charge is 2.61. The number of carbonyl (C=O) groups excluding carboxylic acids is 2. The first-order valence-corrected chi connectivity index (χ1v) is 9.91. The Bertz CT molecular complexity index is 909. The highest BCUT2D eigenvalue weighted by atomic mass is 35.5. The Morgan fingerprint density at radius 3 is 2.88 bits per heavy atom. The molecule has 1 fully saturated rings. The fraction of sp³-hybridized carbons (Fsp3) is 0.300. The second-order valence-electron chi connectivity index (χ2n) is 6.84. The molecule has 4 nitrogen and oxygen atoms in total. The summed E-state index contributed by atoms with van der Waals surface area (Å²) >= 11 is 7.72. The van der Waals surface area contributed by atoms with Gasteiger partial charge in [-0.3, -0.25) is 9.59 Å². The summed E-state index contributed by atoms with van der Waals surface area (Å²) in [5.41, 5.74) is 2.53. The van der Waals surface area contributed by atoms with Gasteiger partial charge in [0.05, 0.1) is 6.04 Å². The number of piperidine rings is 1. The van der Waals surface area contributed by atoms with E-state index in [1.807, 2.05) is 29.8 Å². The molecular formula is C20H19ClN2O2S. The van der Waals surface area contributed by atoms with E-state index in [1.54, 1.807) is 23.5 Å². The van der Waals surface area contributed by atoms with E-state index in [0.29, 0.717) is 17.1 Å². The summed E-state index contributed by atoms with van der Waals surface area (Å²) in [5.74, 6) is -0.412. The fourth-order valence-corrected chi connectivity index (χ4v) is 5.21. The minimum atomic E-state index is -0.915. The van der Waals surface area contributed by atoms with Crippen molar-refractivity contribution in [2.75, 3.05) is 5.32 Å². The van der Waals surface area contributed by atoms with Crippen molar-refractivity contribution in [2.45, 2.75) is 37.1 Å². The summed E-state index contributed by atoms with van der Waals surface area (Å²) < 4.78 is 0. The number of rotatable bonds is 3. The Kier molecular flexibility index (Phi) is 4.16. The van der Waals surface area contributed by atoms with Gasteiger partial charge in [-0.05, 0) is 46.5 Å². The largest absolute Gasteiger partial charge is 0.348 e. The average Bonchev–Trinajstić information content (AvgIpc) is 3.23. The molecular weight excluding hydrogens is 368 g/mol. The summed E-state index contributed by atoms with van der Waals surface area (Å²) in [6, 6.07) is 7.03. The first kappa shape index (κ1) is 17.3. The molecule has 2 aliphatic rings. The van der Waals surface area contributed by atoms with Crippen molar-refractivity contribution in [3.05, 3.63) is 63.3 Å². The molecule has 6 heteroatoms. The zero-order valence-corrected chi connectivity index (χ0v) is 15.9. The SMILES string of the molecule is C=C(CC)C1NC(=O)CC(c2ccsc2)C12C(=O)Nc1cc(Cl)ccc12. The molecule has 4 rings (SSSR count). The summed E-state index contributed by atoms with van der Waals surface area (Å²) in [5, 5.41) is 10.6. The number of carbonyl (C=O) groups is 2. The lowest BCUT2D eigenvalue weighted by molar-refractivity contribution is -0.130. The second kappa shape index (κ2) is 6.25. The Labute approximate surface area is 161 Å². The fourth-order valence-electron chi connectivity index (χ4n) is 4.32. The van der Waals surface area contributed by atoms with Gasteiger partial charge in [-0.25, -0.2) is 0 Å². The molecule has 1 aromatic heterocycles. The number of anilines is 1. The molecule has 3 unspecified atom stereocenters. The molecule has 2 amide bonds. The Morgan fingerprint density at radius 2 is 2.19 bits per heavy atom. The predicted octanol–water partition coefficient (Wildman–Crippen LogP) is 4.23. The first-order chi connectivity index (χ1) is 12.5. The van der Waals surface area contributed by atoms with Crippen molar-refractivity contribution in [1.29, 1.82) is 0 Å². The van der Waals surface area contributed by atoms with Crippen molar-refractivity contribution in [1.82, 2.24) is 5.32 Å². The summed E-state index contributed by atoms with van der Waals surface area (Å²) in [6.07, 6.45) is 0.943. The van der Waals surface area contributed by atoms with Gasteiger partial charge in [0.15, 0.2) is 0 Å². The van der Waals surface area contributed by atoms with Crippen LogP contribution < -0.4 is 10.6 Å². The van der Waals surface area contributed by atoms with Crippen LogP contribution in [0, 0.1) is 0 Å². The second-order valence-corrected chi connectivity index (χ2v) is 8.06. The molecule has 3 heterocycles. The van der Waals surface area contributed by atoms with Crippen molar-refractivity contribution >= 4 is 40.4 Å². The minimum absolute atomic E-state index is 0.0540. The van der Waals surface area contributed by atoms with Crippen LogP contribution in [0.2, 0.25) is 5.02 Å². The maximum atomic E-state index is 13.4. The van der Waals surface area contributed by atoms with Crippen molar-refractivity contribution in [3.63, 3.8) is 0 Å². The van der Waals surface area contributed by atoms with Gasteiger partial charge in [-0.1, -0.05) is 36.7 Å². The Morgan fingerprint density at radius 1 is 1.38 bits per heavy atom. The molecule has 3 atom stereocenters. The zero-order valence-electron chi connectivity index (χ0n) is 14.3. The molecule has 2 N–H and O–H groups in total. The number of halogens is 1. The minimum Gasteiger partial charge on any atom is -0.348 e. The monoisotopic (exact) mass is 386 g/mol. The molecule has 0 radical (unpaired) electrons. The third-order valence-electron chi connectivity index (χ3n) is 5.56. The van der Waals surface area contributed by atoms with Crippen LogP contribution in [0.5, 0.6) is 0 Å². The number of hydrogen-bond donors (Lipinski definition) is 2. The van der Waals surface area contributed by atoms with Gasteiger partial charge in [0, 0.05) is 23.0 Å². The van der Waals surface area contributed by atoms with Crippen LogP contribution in [-0.2, 0) is 15.0 Å². The van der Waals surface area contributed by atoms with Gasteiger partial charge >= 0.3 is 0 Å². The van der Waals surface area contributed by atoms with Crippen LogP contribution in [0.3, 0.4) is 0 Å². The van der Waals surface area contributed by atoms with E-state index in [9.17, 15) is 9.59 Å². The van der Waals surface area contributed by atoms with E-state index in [-0.39, 0.29) is 24.2 Å². The number of benzene rings is 1. The van der Waals surface area contributed by atoms with E-state index < -0.39 is 11.5 Å². The van der Waals surface area contributed by atoms with E-state index in [0.717, 1.165) is 16.7 Å². The lowest BCUT2D eigenvalue weighted by Gasteiger charge is -2.46. The van der Waals surface area contributed by atoms with E-state index in [1.165, 1.54) is 0 Å². The van der Waals surface area contributed by atoms with Gasteiger partial charge in [0.25, 0.3) is 0 Å². The average molecular weight is 387 g/mol.